The molecule has 1 aromatic rings. The van der Waals surface area contributed by atoms with Crippen LogP contribution in [0.25, 0.3) is 0 Å². The van der Waals surface area contributed by atoms with Gasteiger partial charge < -0.3 is 5.32 Å². The van der Waals surface area contributed by atoms with E-state index in [0.717, 1.165) is 12.1 Å². The second-order valence-electron chi connectivity index (χ2n) is 3.31. The molecule has 0 saturated heterocycles. The molecule has 0 atom stereocenters. The summed E-state index contributed by atoms with van der Waals surface area (Å²) in [5.41, 5.74) is 2.21. The van der Waals surface area contributed by atoms with Gasteiger partial charge in [-0.2, -0.15) is 0 Å². The molecular formula is C13H15NOS. The van der Waals surface area contributed by atoms with Gasteiger partial charge in [-0.25, -0.2) is 0 Å². The Morgan fingerprint density at radius 3 is 3.00 bits per heavy atom. The molecule has 0 aliphatic heterocycles. The maximum atomic E-state index is 10.7. The first-order chi connectivity index (χ1) is 7.72. The highest BCUT2D eigenvalue weighted by atomic mass is 32.2. The Balaban J connectivity index is 2.58. The van der Waals surface area contributed by atoms with Crippen LogP contribution >= 0.6 is 11.8 Å². The topological polar surface area (TPSA) is 29.1 Å². The minimum atomic E-state index is 0.109. The Morgan fingerprint density at radius 2 is 2.31 bits per heavy atom. The summed E-state index contributed by atoms with van der Waals surface area (Å²) in [6.07, 6.45) is 0. The molecule has 0 spiro atoms. The Labute approximate surface area is 101 Å². The lowest BCUT2D eigenvalue weighted by Gasteiger charge is -1.99. The third-order valence-corrected chi connectivity index (χ3v) is 2.58. The van der Waals surface area contributed by atoms with Gasteiger partial charge in [-0.15, -0.1) is 0 Å². The summed E-state index contributed by atoms with van der Waals surface area (Å²) in [7, 11) is 1.92. The Hall–Kier alpha value is -1.24. The summed E-state index contributed by atoms with van der Waals surface area (Å²) >= 11 is 1.24. The Morgan fingerprint density at radius 1 is 1.50 bits per heavy atom. The zero-order chi connectivity index (χ0) is 11.8. The number of hydrogen-bond acceptors (Lipinski definition) is 3. The fourth-order valence-corrected chi connectivity index (χ4v) is 1.59. The average molecular weight is 233 g/mol. The van der Waals surface area contributed by atoms with Gasteiger partial charge >= 0.3 is 0 Å². The summed E-state index contributed by atoms with van der Waals surface area (Å²) in [6.45, 7) is 2.40. The van der Waals surface area contributed by atoms with E-state index in [1.165, 1.54) is 17.3 Å². The maximum Gasteiger partial charge on any atom is 0.186 e. The van der Waals surface area contributed by atoms with E-state index in [4.69, 9.17) is 0 Å². The van der Waals surface area contributed by atoms with Crippen LogP contribution in [0.1, 0.15) is 18.1 Å². The molecule has 1 aromatic carbocycles. The van der Waals surface area contributed by atoms with E-state index in [2.05, 4.69) is 29.3 Å². The van der Waals surface area contributed by atoms with E-state index < -0.39 is 0 Å². The molecule has 0 amide bonds. The number of hydrogen-bond donors (Lipinski definition) is 1. The monoisotopic (exact) mass is 233 g/mol. The molecule has 0 aliphatic rings. The Bertz CT molecular complexity index is 417. The van der Waals surface area contributed by atoms with Crippen LogP contribution in [0, 0.1) is 11.8 Å². The standard InChI is InChI=1S/C13H15NOS/c1-11(15)16-8-4-7-12-5-3-6-13(9-12)10-14-2/h3,5-6,9,14H,8,10H2,1-2H3. The highest BCUT2D eigenvalue weighted by molar-refractivity contribution is 8.13. The van der Waals surface area contributed by atoms with Crippen LogP contribution < -0.4 is 5.32 Å². The fraction of sp³-hybridized carbons (Fsp3) is 0.308. The van der Waals surface area contributed by atoms with Gasteiger partial charge in [0.05, 0.1) is 5.75 Å². The lowest BCUT2D eigenvalue weighted by molar-refractivity contribution is -0.109. The molecule has 16 heavy (non-hydrogen) atoms. The summed E-state index contributed by atoms with van der Waals surface area (Å²) in [5, 5.41) is 3.21. The first kappa shape index (κ1) is 12.8. The van der Waals surface area contributed by atoms with Crippen molar-refractivity contribution in [1.29, 1.82) is 0 Å². The Kier molecular flexibility index (Phi) is 5.69. The molecule has 3 heteroatoms. The van der Waals surface area contributed by atoms with Crippen molar-refractivity contribution in [2.45, 2.75) is 13.5 Å². The van der Waals surface area contributed by atoms with Crippen molar-refractivity contribution in [2.24, 2.45) is 0 Å². The molecule has 84 valence electrons. The molecular weight excluding hydrogens is 218 g/mol. The van der Waals surface area contributed by atoms with E-state index in [1.807, 2.05) is 19.2 Å². The van der Waals surface area contributed by atoms with Crippen molar-refractivity contribution in [3.05, 3.63) is 35.4 Å². The van der Waals surface area contributed by atoms with Crippen LogP contribution in [0.2, 0.25) is 0 Å². The normalized spacial score (nSPS) is 9.38. The van der Waals surface area contributed by atoms with Gasteiger partial charge in [0.2, 0.25) is 0 Å². The second-order valence-corrected chi connectivity index (χ2v) is 4.47. The lowest BCUT2D eigenvalue weighted by Crippen LogP contribution is -2.04. The molecule has 2 nitrogen and oxygen atoms in total. The smallest absolute Gasteiger partial charge is 0.186 e. The molecule has 0 unspecified atom stereocenters. The molecule has 0 heterocycles. The van der Waals surface area contributed by atoms with E-state index in [9.17, 15) is 4.79 Å². The van der Waals surface area contributed by atoms with Gasteiger partial charge in [-0.3, -0.25) is 4.79 Å². The molecule has 1 N–H and O–H groups in total. The van der Waals surface area contributed by atoms with E-state index in [1.54, 1.807) is 6.92 Å². The van der Waals surface area contributed by atoms with Crippen molar-refractivity contribution < 1.29 is 4.79 Å². The van der Waals surface area contributed by atoms with Crippen molar-refractivity contribution in [1.82, 2.24) is 5.32 Å². The quantitative estimate of drug-likeness (QED) is 0.810. The number of thioether (sulfide) groups is 1. The summed E-state index contributed by atoms with van der Waals surface area (Å²) in [6, 6.07) is 8.09. The van der Waals surface area contributed by atoms with Crippen LogP contribution in [0.4, 0.5) is 0 Å². The highest BCUT2D eigenvalue weighted by Crippen LogP contribution is 2.04. The summed E-state index contributed by atoms with van der Waals surface area (Å²) in [5.74, 6) is 6.58. The largest absolute Gasteiger partial charge is 0.316 e. The van der Waals surface area contributed by atoms with Crippen molar-refractivity contribution in [3.63, 3.8) is 0 Å². The van der Waals surface area contributed by atoms with Gasteiger partial charge in [0.15, 0.2) is 5.12 Å². The molecule has 0 aromatic heterocycles. The summed E-state index contributed by atoms with van der Waals surface area (Å²) in [4.78, 5) is 10.7. The lowest BCUT2D eigenvalue weighted by atomic mass is 10.1. The number of benzene rings is 1. The second kappa shape index (κ2) is 7.10. The van der Waals surface area contributed by atoms with Crippen molar-refractivity contribution >= 4 is 16.9 Å². The molecule has 0 bridgehead atoms. The van der Waals surface area contributed by atoms with Crippen LogP contribution in [-0.2, 0) is 11.3 Å². The third-order valence-electron chi connectivity index (χ3n) is 1.89. The number of carbonyl (C=O) groups is 1. The van der Waals surface area contributed by atoms with Crippen LogP contribution in [0.5, 0.6) is 0 Å². The summed E-state index contributed by atoms with van der Waals surface area (Å²) < 4.78 is 0. The van der Waals surface area contributed by atoms with Crippen LogP contribution in [0.15, 0.2) is 24.3 Å². The van der Waals surface area contributed by atoms with E-state index >= 15 is 0 Å². The van der Waals surface area contributed by atoms with Gasteiger partial charge in [0.1, 0.15) is 0 Å². The first-order valence-corrected chi connectivity index (χ1v) is 6.06. The van der Waals surface area contributed by atoms with E-state index in [-0.39, 0.29) is 5.12 Å². The molecule has 0 radical (unpaired) electrons. The predicted octanol–water partition coefficient (Wildman–Crippen LogP) is 2.04. The zero-order valence-electron chi connectivity index (χ0n) is 9.54. The SMILES string of the molecule is CNCc1cccc(C#CCSC(C)=O)c1. The van der Waals surface area contributed by atoms with E-state index in [0.29, 0.717) is 5.75 Å². The predicted molar refractivity (Wildman–Crippen MR) is 69.2 cm³/mol. The fourth-order valence-electron chi connectivity index (χ4n) is 1.24. The average Bonchev–Trinajstić information content (AvgIpc) is 2.25. The molecule has 0 fully saturated rings. The minimum absolute atomic E-state index is 0.109. The molecule has 0 aliphatic carbocycles. The van der Waals surface area contributed by atoms with Gasteiger partial charge in [0, 0.05) is 19.0 Å². The van der Waals surface area contributed by atoms with Gasteiger partial charge in [-0.1, -0.05) is 35.7 Å². The van der Waals surface area contributed by atoms with Gasteiger partial charge in [0.25, 0.3) is 0 Å². The van der Waals surface area contributed by atoms with Gasteiger partial charge in [-0.05, 0) is 24.7 Å². The number of nitrogens with one attached hydrogen (secondary N) is 1. The number of rotatable bonds is 3. The molecule has 0 saturated carbocycles. The van der Waals surface area contributed by atoms with Crippen molar-refractivity contribution in [2.75, 3.05) is 12.8 Å². The number of carbonyl (C=O) groups excluding carboxylic acids is 1. The highest BCUT2D eigenvalue weighted by Gasteiger charge is 1.92. The maximum absolute atomic E-state index is 10.7. The third kappa shape index (κ3) is 5.01. The van der Waals surface area contributed by atoms with Crippen LogP contribution in [0.3, 0.4) is 0 Å². The van der Waals surface area contributed by atoms with Crippen molar-refractivity contribution in [3.8, 4) is 11.8 Å². The minimum Gasteiger partial charge on any atom is -0.316 e. The van der Waals surface area contributed by atoms with Crippen LogP contribution in [-0.4, -0.2) is 17.9 Å². The zero-order valence-corrected chi connectivity index (χ0v) is 10.4. The molecule has 1 rings (SSSR count). The first-order valence-electron chi connectivity index (χ1n) is 5.08.